The summed E-state index contributed by atoms with van der Waals surface area (Å²) in [5.41, 5.74) is 5.30. The highest BCUT2D eigenvalue weighted by molar-refractivity contribution is 5.67. The van der Waals surface area contributed by atoms with Crippen LogP contribution >= 0.6 is 0 Å². The summed E-state index contributed by atoms with van der Waals surface area (Å²) in [7, 11) is 0. The zero-order chi connectivity index (χ0) is 21.7. The van der Waals surface area contributed by atoms with Crippen molar-refractivity contribution in [1.29, 1.82) is 0 Å². The molecule has 0 spiro atoms. The molecule has 0 aliphatic heterocycles. The Kier molecular flexibility index (Phi) is 7.00. The lowest BCUT2D eigenvalue weighted by Gasteiger charge is -2.21. The molecular formula is C24H31N5O. The van der Waals surface area contributed by atoms with E-state index in [9.17, 15) is 5.11 Å². The number of aliphatic hydroxyl groups is 1. The Morgan fingerprint density at radius 2 is 1.70 bits per heavy atom. The van der Waals surface area contributed by atoms with Crippen LogP contribution in [0, 0.1) is 12.8 Å². The van der Waals surface area contributed by atoms with Crippen LogP contribution < -0.4 is 10.6 Å². The van der Waals surface area contributed by atoms with Gasteiger partial charge < -0.3 is 15.7 Å². The minimum atomic E-state index is -0.127. The summed E-state index contributed by atoms with van der Waals surface area (Å²) in [4.78, 5) is 13.4. The number of benzene rings is 1. The van der Waals surface area contributed by atoms with E-state index in [1.165, 1.54) is 11.1 Å². The van der Waals surface area contributed by atoms with Crippen LogP contribution in [0.1, 0.15) is 44.7 Å². The first-order valence-electron chi connectivity index (χ1n) is 10.4. The van der Waals surface area contributed by atoms with Crippen LogP contribution in [0.15, 0.2) is 48.8 Å². The molecule has 158 valence electrons. The molecule has 3 rings (SSSR count). The minimum Gasteiger partial charge on any atom is -0.394 e. The van der Waals surface area contributed by atoms with E-state index in [0.29, 0.717) is 17.7 Å². The van der Waals surface area contributed by atoms with Crippen molar-refractivity contribution in [3.8, 4) is 11.3 Å². The summed E-state index contributed by atoms with van der Waals surface area (Å²) < 4.78 is 0. The number of aromatic nitrogens is 3. The maximum Gasteiger partial charge on any atom is 0.225 e. The first kappa shape index (κ1) is 21.7. The Morgan fingerprint density at radius 3 is 2.30 bits per heavy atom. The van der Waals surface area contributed by atoms with Gasteiger partial charge in [-0.2, -0.15) is 4.98 Å². The van der Waals surface area contributed by atoms with Gasteiger partial charge in [0, 0.05) is 29.7 Å². The molecule has 0 saturated heterocycles. The van der Waals surface area contributed by atoms with Gasteiger partial charge in [0.05, 0.1) is 18.3 Å². The van der Waals surface area contributed by atoms with Crippen molar-refractivity contribution in [2.45, 2.75) is 46.6 Å². The zero-order valence-electron chi connectivity index (χ0n) is 18.3. The summed E-state index contributed by atoms with van der Waals surface area (Å²) >= 11 is 0. The van der Waals surface area contributed by atoms with Gasteiger partial charge in [-0.25, -0.2) is 4.98 Å². The fourth-order valence-electron chi connectivity index (χ4n) is 3.38. The van der Waals surface area contributed by atoms with Crippen LogP contribution in [0.5, 0.6) is 0 Å². The predicted molar refractivity (Wildman–Crippen MR) is 123 cm³/mol. The summed E-state index contributed by atoms with van der Waals surface area (Å²) in [5, 5.41) is 16.4. The minimum absolute atomic E-state index is 0.0130. The number of aliphatic hydroxyl groups excluding tert-OH is 1. The van der Waals surface area contributed by atoms with Crippen LogP contribution in [-0.2, 0) is 0 Å². The van der Waals surface area contributed by atoms with Crippen molar-refractivity contribution in [3.05, 3.63) is 59.9 Å². The average molecular weight is 406 g/mol. The highest BCUT2D eigenvalue weighted by atomic mass is 16.3. The van der Waals surface area contributed by atoms with Gasteiger partial charge in [0.2, 0.25) is 5.95 Å². The topological polar surface area (TPSA) is 83.0 Å². The summed E-state index contributed by atoms with van der Waals surface area (Å²) in [6.45, 7) is 10.7. The predicted octanol–water partition coefficient (Wildman–Crippen LogP) is 5.14. The van der Waals surface area contributed by atoms with Gasteiger partial charge in [0.1, 0.15) is 5.82 Å². The van der Waals surface area contributed by atoms with E-state index in [1.54, 1.807) is 12.4 Å². The van der Waals surface area contributed by atoms with Crippen molar-refractivity contribution in [1.82, 2.24) is 15.0 Å². The number of hydrogen-bond donors (Lipinski definition) is 3. The second-order valence-corrected chi connectivity index (χ2v) is 8.23. The normalized spacial score (nSPS) is 12.3. The van der Waals surface area contributed by atoms with Gasteiger partial charge in [-0.3, -0.25) is 4.98 Å². The number of nitrogens with one attached hydrogen (secondary N) is 2. The Morgan fingerprint density at radius 1 is 0.967 bits per heavy atom. The van der Waals surface area contributed by atoms with E-state index in [2.05, 4.69) is 78.4 Å². The number of pyridine rings is 1. The zero-order valence-corrected chi connectivity index (χ0v) is 18.3. The highest BCUT2D eigenvalue weighted by Gasteiger charge is 2.15. The van der Waals surface area contributed by atoms with Crippen LogP contribution in [0.4, 0.5) is 17.5 Å². The smallest absolute Gasteiger partial charge is 0.225 e. The molecular weight excluding hydrogens is 374 g/mol. The van der Waals surface area contributed by atoms with Gasteiger partial charge in [-0.05, 0) is 54.2 Å². The van der Waals surface area contributed by atoms with Crippen LogP contribution in [-0.4, -0.2) is 32.7 Å². The summed E-state index contributed by atoms with van der Waals surface area (Å²) in [6, 6.07) is 12.0. The number of nitrogens with zero attached hydrogens (tertiary/aromatic N) is 3. The van der Waals surface area contributed by atoms with E-state index >= 15 is 0 Å². The fraction of sp³-hybridized carbons (Fsp3) is 0.375. The average Bonchev–Trinajstić information content (AvgIpc) is 2.72. The second-order valence-electron chi connectivity index (χ2n) is 8.23. The number of rotatable bonds is 8. The molecule has 3 aromatic rings. The molecule has 0 aliphatic carbocycles. The Hall–Kier alpha value is -2.99. The second kappa shape index (κ2) is 9.67. The number of aryl methyl sites for hydroxylation is 1. The monoisotopic (exact) mass is 405 g/mol. The van der Waals surface area contributed by atoms with Crippen molar-refractivity contribution in [3.63, 3.8) is 0 Å². The molecule has 6 nitrogen and oxygen atoms in total. The number of hydrogen-bond acceptors (Lipinski definition) is 6. The first-order chi connectivity index (χ1) is 14.4. The third-order valence-electron chi connectivity index (χ3n) is 5.18. The molecule has 3 N–H and O–H groups in total. The molecule has 0 radical (unpaired) electrons. The van der Waals surface area contributed by atoms with Crippen molar-refractivity contribution in [2.24, 2.45) is 5.92 Å². The standard InChI is InChI=1S/C24H31N5O/c1-15(2)20-7-6-19(12-17(20)5)26-23-13-21(18-8-10-25-11-9-18)27-24(29-23)28-22(14-30)16(3)4/h6-13,15-16,22,30H,14H2,1-5H3,(H2,26,27,28,29)/t22-/m0/s1. The Labute approximate surface area is 178 Å². The molecule has 0 amide bonds. The fourth-order valence-corrected chi connectivity index (χ4v) is 3.38. The third-order valence-corrected chi connectivity index (χ3v) is 5.18. The lowest BCUT2D eigenvalue weighted by Crippen LogP contribution is -2.30. The molecule has 30 heavy (non-hydrogen) atoms. The van der Waals surface area contributed by atoms with Gasteiger partial charge in [0.25, 0.3) is 0 Å². The molecule has 1 aromatic carbocycles. The first-order valence-corrected chi connectivity index (χ1v) is 10.4. The van der Waals surface area contributed by atoms with E-state index < -0.39 is 0 Å². The largest absolute Gasteiger partial charge is 0.394 e. The summed E-state index contributed by atoms with van der Waals surface area (Å²) in [6.07, 6.45) is 3.49. The Bertz CT molecular complexity index is 973. The van der Waals surface area contributed by atoms with Crippen LogP contribution in [0.3, 0.4) is 0 Å². The van der Waals surface area contributed by atoms with Gasteiger partial charge in [-0.1, -0.05) is 33.8 Å². The van der Waals surface area contributed by atoms with Crippen molar-refractivity contribution in [2.75, 3.05) is 17.2 Å². The molecule has 2 aromatic heterocycles. The van der Waals surface area contributed by atoms with Crippen molar-refractivity contribution < 1.29 is 5.11 Å². The number of anilines is 3. The molecule has 0 bridgehead atoms. The van der Waals surface area contributed by atoms with Crippen LogP contribution in [0.2, 0.25) is 0 Å². The van der Waals surface area contributed by atoms with Gasteiger partial charge in [0.15, 0.2) is 0 Å². The maximum absolute atomic E-state index is 9.71. The third kappa shape index (κ3) is 5.33. The quantitative estimate of drug-likeness (QED) is 0.481. The molecule has 0 fully saturated rings. The SMILES string of the molecule is Cc1cc(Nc2cc(-c3ccncc3)nc(N[C@@H](CO)C(C)C)n2)ccc1C(C)C. The highest BCUT2D eigenvalue weighted by Crippen LogP contribution is 2.27. The molecule has 0 saturated carbocycles. The summed E-state index contributed by atoms with van der Waals surface area (Å²) in [5.74, 6) is 1.90. The van der Waals surface area contributed by atoms with Gasteiger partial charge in [-0.15, -0.1) is 0 Å². The van der Waals surface area contributed by atoms with E-state index in [0.717, 1.165) is 16.9 Å². The maximum atomic E-state index is 9.71. The molecule has 0 aliphatic rings. The van der Waals surface area contributed by atoms with Gasteiger partial charge >= 0.3 is 0 Å². The van der Waals surface area contributed by atoms with E-state index in [4.69, 9.17) is 0 Å². The van der Waals surface area contributed by atoms with E-state index in [-0.39, 0.29) is 18.6 Å². The lowest BCUT2D eigenvalue weighted by atomic mass is 9.98. The van der Waals surface area contributed by atoms with Crippen molar-refractivity contribution >= 4 is 17.5 Å². The van der Waals surface area contributed by atoms with Crippen LogP contribution in [0.25, 0.3) is 11.3 Å². The molecule has 1 atom stereocenters. The molecule has 0 unspecified atom stereocenters. The molecule has 2 heterocycles. The van der Waals surface area contributed by atoms with E-state index in [1.807, 2.05) is 18.2 Å². The Balaban J connectivity index is 1.96. The lowest BCUT2D eigenvalue weighted by molar-refractivity contribution is 0.248. The molecule has 6 heteroatoms.